The summed E-state index contributed by atoms with van der Waals surface area (Å²) >= 11 is 6.21. The van der Waals surface area contributed by atoms with Gasteiger partial charge in [0.1, 0.15) is 4.90 Å². The van der Waals surface area contributed by atoms with Crippen LogP contribution in [0.1, 0.15) is 23.2 Å². The number of sulfonamides is 1. The van der Waals surface area contributed by atoms with Gasteiger partial charge in [-0.1, -0.05) is 35.9 Å². The molecule has 1 amide bonds. The third-order valence-electron chi connectivity index (χ3n) is 4.61. The fourth-order valence-electron chi connectivity index (χ4n) is 3.13. The number of nitrogens with one attached hydrogen (secondary N) is 1. The summed E-state index contributed by atoms with van der Waals surface area (Å²) in [5.74, 6) is -0.372. The number of ether oxygens (including phenoxy) is 1. The quantitative estimate of drug-likeness (QED) is 0.644. The first-order valence-electron chi connectivity index (χ1n) is 9.31. The summed E-state index contributed by atoms with van der Waals surface area (Å²) < 4.78 is 33.4. The van der Waals surface area contributed by atoms with E-state index in [4.69, 9.17) is 16.3 Å². The number of hydrogen-bond acceptors (Lipinski definition) is 4. The molecule has 0 radical (unpaired) electrons. The Bertz CT molecular complexity index is 973. The van der Waals surface area contributed by atoms with E-state index in [1.165, 1.54) is 28.6 Å². The van der Waals surface area contributed by atoms with Crippen molar-refractivity contribution in [1.82, 2.24) is 5.32 Å². The van der Waals surface area contributed by atoms with E-state index < -0.39 is 10.0 Å². The second kappa shape index (κ2) is 9.43. The van der Waals surface area contributed by atoms with Gasteiger partial charge < -0.3 is 10.1 Å². The number of carbonyl (C=O) groups excluding carboxylic acids is 1. The van der Waals surface area contributed by atoms with Gasteiger partial charge in [0.2, 0.25) is 0 Å². The van der Waals surface area contributed by atoms with Crippen molar-refractivity contribution in [3.8, 4) is 0 Å². The minimum Gasteiger partial charge on any atom is -0.376 e. The summed E-state index contributed by atoms with van der Waals surface area (Å²) in [7, 11) is -4.01. The summed E-state index contributed by atoms with van der Waals surface area (Å²) in [6, 6.07) is 12.9. The smallest absolute Gasteiger partial charge is 0.266 e. The van der Waals surface area contributed by atoms with Crippen molar-refractivity contribution in [3.05, 3.63) is 71.8 Å². The van der Waals surface area contributed by atoms with Gasteiger partial charge >= 0.3 is 0 Å². The van der Waals surface area contributed by atoms with Crippen molar-refractivity contribution in [2.45, 2.75) is 23.8 Å². The van der Waals surface area contributed by atoms with Crippen molar-refractivity contribution in [3.63, 3.8) is 0 Å². The molecule has 1 atom stereocenters. The molecule has 0 unspecified atom stereocenters. The molecule has 154 valence electrons. The Hall–Kier alpha value is -2.35. The molecule has 0 saturated carbocycles. The average molecular weight is 435 g/mol. The van der Waals surface area contributed by atoms with Gasteiger partial charge in [0.05, 0.1) is 23.4 Å². The summed E-state index contributed by atoms with van der Waals surface area (Å²) in [6.07, 6.45) is 3.36. The first kappa shape index (κ1) is 21.4. The predicted octanol–water partition coefficient (Wildman–Crippen LogP) is 3.63. The van der Waals surface area contributed by atoms with E-state index in [9.17, 15) is 13.2 Å². The molecular weight excluding hydrogens is 412 g/mol. The Morgan fingerprint density at radius 2 is 2.03 bits per heavy atom. The molecule has 6 nitrogen and oxygen atoms in total. The van der Waals surface area contributed by atoms with Crippen LogP contribution in [0, 0.1) is 0 Å². The van der Waals surface area contributed by atoms with Crippen molar-refractivity contribution < 1.29 is 17.9 Å². The Kier molecular flexibility index (Phi) is 6.95. The number of hydrogen-bond donors (Lipinski definition) is 1. The van der Waals surface area contributed by atoms with Crippen molar-refractivity contribution >= 4 is 33.2 Å². The van der Waals surface area contributed by atoms with E-state index in [2.05, 4.69) is 11.9 Å². The first-order chi connectivity index (χ1) is 13.9. The maximum atomic E-state index is 13.3. The highest BCUT2D eigenvalue weighted by Crippen LogP contribution is 2.29. The fraction of sp³-hybridized carbons (Fsp3) is 0.286. The summed E-state index contributed by atoms with van der Waals surface area (Å²) in [6.45, 7) is 4.80. The largest absolute Gasteiger partial charge is 0.376 e. The lowest BCUT2D eigenvalue weighted by Gasteiger charge is -2.24. The van der Waals surface area contributed by atoms with Gasteiger partial charge in [-0.05, 0) is 43.2 Å². The minimum absolute atomic E-state index is 0.00406. The van der Waals surface area contributed by atoms with E-state index in [1.807, 2.05) is 0 Å². The van der Waals surface area contributed by atoms with Crippen molar-refractivity contribution in [2.24, 2.45) is 0 Å². The number of carbonyl (C=O) groups is 1. The molecule has 1 aliphatic rings. The summed E-state index contributed by atoms with van der Waals surface area (Å²) in [5, 5.41) is 2.84. The first-order valence-corrected chi connectivity index (χ1v) is 11.1. The second-order valence-electron chi connectivity index (χ2n) is 6.65. The van der Waals surface area contributed by atoms with Crippen LogP contribution in [-0.4, -0.2) is 40.1 Å². The van der Waals surface area contributed by atoms with Gasteiger partial charge in [-0.15, -0.1) is 6.58 Å². The third kappa shape index (κ3) is 4.98. The van der Waals surface area contributed by atoms with Crippen LogP contribution in [0.15, 0.2) is 66.1 Å². The van der Waals surface area contributed by atoms with Crippen molar-refractivity contribution in [2.75, 3.05) is 24.0 Å². The third-order valence-corrected chi connectivity index (χ3v) is 6.89. The van der Waals surface area contributed by atoms with Gasteiger partial charge in [-0.3, -0.25) is 9.10 Å². The molecule has 1 heterocycles. The van der Waals surface area contributed by atoms with Crippen LogP contribution in [0.25, 0.3) is 0 Å². The number of rotatable bonds is 8. The second-order valence-corrected chi connectivity index (χ2v) is 8.89. The normalized spacial score (nSPS) is 16.4. The van der Waals surface area contributed by atoms with Crippen LogP contribution in [0.2, 0.25) is 5.02 Å². The molecule has 8 heteroatoms. The Balaban J connectivity index is 1.88. The van der Waals surface area contributed by atoms with Crippen LogP contribution >= 0.6 is 11.6 Å². The van der Waals surface area contributed by atoms with Crippen LogP contribution in [0.4, 0.5) is 5.69 Å². The van der Waals surface area contributed by atoms with Gasteiger partial charge in [-0.2, -0.15) is 0 Å². The standard InChI is InChI=1S/C21H23ClN2O4S/c1-2-12-24(17-7-4-3-5-8-17)29(26,27)20-14-16(10-11-19(20)22)21(25)23-15-18-9-6-13-28-18/h2-5,7-8,10-11,14,18H,1,6,9,12-13,15H2,(H,23,25)/t18-/m1/s1. The highest BCUT2D eigenvalue weighted by molar-refractivity contribution is 7.93. The van der Waals surface area contributed by atoms with Crippen LogP contribution in [-0.2, 0) is 14.8 Å². The molecule has 3 rings (SSSR count). The maximum Gasteiger partial charge on any atom is 0.266 e. The fourth-order valence-corrected chi connectivity index (χ4v) is 5.07. The number of benzene rings is 2. The van der Waals surface area contributed by atoms with E-state index in [1.54, 1.807) is 30.3 Å². The Labute approximate surface area is 176 Å². The maximum absolute atomic E-state index is 13.3. The van der Waals surface area contributed by atoms with Crippen LogP contribution in [0.5, 0.6) is 0 Å². The van der Waals surface area contributed by atoms with Crippen LogP contribution < -0.4 is 9.62 Å². The Morgan fingerprint density at radius 1 is 1.28 bits per heavy atom. The number of amides is 1. The summed E-state index contributed by atoms with van der Waals surface area (Å²) in [4.78, 5) is 12.4. The predicted molar refractivity (Wildman–Crippen MR) is 114 cm³/mol. The molecule has 1 aliphatic heterocycles. The molecule has 1 N–H and O–H groups in total. The van der Waals surface area contributed by atoms with Crippen molar-refractivity contribution in [1.29, 1.82) is 0 Å². The highest BCUT2D eigenvalue weighted by Gasteiger charge is 2.27. The van der Waals surface area contributed by atoms with Gasteiger partial charge in [0.25, 0.3) is 15.9 Å². The zero-order chi connectivity index (χ0) is 20.9. The lowest BCUT2D eigenvalue weighted by atomic mass is 10.2. The Morgan fingerprint density at radius 3 is 2.69 bits per heavy atom. The molecule has 0 bridgehead atoms. The van der Waals surface area contributed by atoms with Gasteiger partial charge in [0.15, 0.2) is 0 Å². The molecule has 2 aromatic rings. The molecule has 1 saturated heterocycles. The van der Waals surface area contributed by atoms with E-state index in [-0.39, 0.29) is 34.0 Å². The van der Waals surface area contributed by atoms with E-state index >= 15 is 0 Å². The topological polar surface area (TPSA) is 75.7 Å². The lowest BCUT2D eigenvalue weighted by Crippen LogP contribution is -2.33. The zero-order valence-corrected chi connectivity index (χ0v) is 17.5. The lowest BCUT2D eigenvalue weighted by molar-refractivity contribution is 0.0857. The van der Waals surface area contributed by atoms with E-state index in [0.717, 1.165) is 12.8 Å². The molecule has 0 aliphatic carbocycles. The molecule has 0 spiro atoms. The van der Waals surface area contributed by atoms with E-state index in [0.29, 0.717) is 18.8 Å². The number of halogens is 1. The highest BCUT2D eigenvalue weighted by atomic mass is 35.5. The molecular formula is C21H23ClN2O4S. The molecule has 29 heavy (non-hydrogen) atoms. The van der Waals surface area contributed by atoms with Gasteiger partial charge in [0, 0.05) is 18.7 Å². The number of anilines is 1. The molecule has 2 aromatic carbocycles. The number of para-hydroxylation sites is 1. The average Bonchev–Trinajstić information content (AvgIpc) is 3.24. The SMILES string of the molecule is C=CCN(c1ccccc1)S(=O)(=O)c1cc(C(=O)NC[C@H]2CCCO2)ccc1Cl. The van der Waals surface area contributed by atoms with Crippen LogP contribution in [0.3, 0.4) is 0 Å². The molecule has 0 aromatic heterocycles. The monoisotopic (exact) mass is 434 g/mol. The minimum atomic E-state index is -4.01. The van der Waals surface area contributed by atoms with Gasteiger partial charge in [-0.25, -0.2) is 8.42 Å². The molecule has 1 fully saturated rings. The number of nitrogens with zero attached hydrogens (tertiary/aromatic N) is 1. The summed E-state index contributed by atoms with van der Waals surface area (Å²) in [5.41, 5.74) is 0.703. The zero-order valence-electron chi connectivity index (χ0n) is 15.9.